The van der Waals surface area contributed by atoms with E-state index in [1.807, 2.05) is 31.4 Å². The molecule has 0 aliphatic carbocycles. The van der Waals surface area contributed by atoms with Crippen LogP contribution < -0.4 is 10.5 Å². The molecule has 0 amide bonds. The van der Waals surface area contributed by atoms with Crippen molar-refractivity contribution in [3.05, 3.63) is 47.7 Å². The average molecular weight is 231 g/mol. The first-order chi connectivity index (χ1) is 8.27. The minimum atomic E-state index is 0.125. The van der Waals surface area contributed by atoms with E-state index < -0.39 is 0 Å². The lowest BCUT2D eigenvalue weighted by Crippen LogP contribution is -2.14. The van der Waals surface area contributed by atoms with Crippen LogP contribution >= 0.6 is 0 Å². The Hall–Kier alpha value is -1.81. The molecule has 4 nitrogen and oxygen atoms in total. The Morgan fingerprint density at radius 1 is 1.35 bits per heavy atom. The second-order valence-corrected chi connectivity index (χ2v) is 3.93. The van der Waals surface area contributed by atoms with Crippen LogP contribution in [0.3, 0.4) is 0 Å². The maximum absolute atomic E-state index is 5.88. The number of aromatic nitrogens is 2. The number of hydrogen-bond acceptors (Lipinski definition) is 3. The summed E-state index contributed by atoms with van der Waals surface area (Å²) >= 11 is 0. The predicted molar refractivity (Wildman–Crippen MR) is 67.1 cm³/mol. The Bertz CT molecular complexity index is 479. The number of aryl methyl sites for hydroxylation is 1. The Balaban J connectivity index is 2.42. The summed E-state index contributed by atoms with van der Waals surface area (Å²) in [5.41, 5.74) is 8.09. The Morgan fingerprint density at radius 2 is 2.06 bits per heavy atom. The van der Waals surface area contributed by atoms with Crippen LogP contribution in [0.25, 0.3) is 0 Å². The van der Waals surface area contributed by atoms with Crippen LogP contribution in [-0.2, 0) is 7.05 Å². The molecule has 0 bridgehead atoms. The molecule has 2 N–H and O–H groups in total. The second-order valence-electron chi connectivity index (χ2n) is 3.93. The number of rotatable bonds is 4. The monoisotopic (exact) mass is 231 g/mol. The molecule has 0 radical (unpaired) electrons. The van der Waals surface area contributed by atoms with Gasteiger partial charge < -0.3 is 10.5 Å². The van der Waals surface area contributed by atoms with Gasteiger partial charge in [0.15, 0.2) is 0 Å². The molecule has 90 valence electrons. The number of benzene rings is 1. The summed E-state index contributed by atoms with van der Waals surface area (Å²) in [5.74, 6) is 0.893. The molecule has 2 rings (SSSR count). The van der Waals surface area contributed by atoms with Gasteiger partial charge in [-0.05, 0) is 5.56 Å². The molecule has 1 atom stereocenters. The van der Waals surface area contributed by atoms with E-state index in [1.165, 1.54) is 5.56 Å². The summed E-state index contributed by atoms with van der Waals surface area (Å²) in [6.45, 7) is 0.534. The van der Waals surface area contributed by atoms with Gasteiger partial charge in [0.25, 0.3) is 0 Å². The summed E-state index contributed by atoms with van der Waals surface area (Å²) < 4.78 is 7.09. The van der Waals surface area contributed by atoms with Crippen LogP contribution in [0.15, 0.2) is 36.5 Å². The normalized spacial score (nSPS) is 12.4. The van der Waals surface area contributed by atoms with Crippen molar-refractivity contribution in [1.82, 2.24) is 9.78 Å². The number of hydrogen-bond donors (Lipinski definition) is 1. The number of methoxy groups -OCH3 is 1. The fraction of sp³-hybridized carbons (Fsp3) is 0.308. The summed E-state index contributed by atoms with van der Waals surface area (Å²) in [4.78, 5) is 0. The third-order valence-electron chi connectivity index (χ3n) is 2.92. The van der Waals surface area contributed by atoms with E-state index in [0.29, 0.717) is 6.54 Å². The highest BCUT2D eigenvalue weighted by Crippen LogP contribution is 2.30. The van der Waals surface area contributed by atoms with Gasteiger partial charge in [-0.1, -0.05) is 30.3 Å². The van der Waals surface area contributed by atoms with Crippen molar-refractivity contribution in [2.75, 3.05) is 13.7 Å². The van der Waals surface area contributed by atoms with Crippen LogP contribution in [0, 0.1) is 0 Å². The van der Waals surface area contributed by atoms with Gasteiger partial charge in [-0.3, -0.25) is 0 Å². The van der Waals surface area contributed by atoms with E-state index in [9.17, 15) is 0 Å². The van der Waals surface area contributed by atoms with E-state index in [4.69, 9.17) is 10.5 Å². The van der Waals surface area contributed by atoms with Crippen LogP contribution in [0.5, 0.6) is 5.88 Å². The lowest BCUT2D eigenvalue weighted by Gasteiger charge is -2.15. The zero-order chi connectivity index (χ0) is 12.3. The Labute approximate surface area is 101 Å². The highest BCUT2D eigenvalue weighted by atomic mass is 16.5. The topological polar surface area (TPSA) is 53.1 Å². The van der Waals surface area contributed by atoms with Gasteiger partial charge in [0.05, 0.1) is 13.3 Å². The second kappa shape index (κ2) is 5.01. The van der Waals surface area contributed by atoms with Crippen molar-refractivity contribution in [3.8, 4) is 5.88 Å². The molecule has 17 heavy (non-hydrogen) atoms. The van der Waals surface area contributed by atoms with E-state index >= 15 is 0 Å². The molecule has 2 aromatic rings. The molecule has 0 spiro atoms. The van der Waals surface area contributed by atoms with Crippen LogP contribution in [-0.4, -0.2) is 23.4 Å². The maximum atomic E-state index is 5.88. The summed E-state index contributed by atoms with van der Waals surface area (Å²) in [5, 5.41) is 4.22. The zero-order valence-electron chi connectivity index (χ0n) is 10.1. The van der Waals surface area contributed by atoms with Crippen LogP contribution in [0.1, 0.15) is 17.0 Å². The van der Waals surface area contributed by atoms with Crippen molar-refractivity contribution in [3.63, 3.8) is 0 Å². The highest BCUT2D eigenvalue weighted by molar-refractivity contribution is 5.37. The van der Waals surface area contributed by atoms with Gasteiger partial charge in [0, 0.05) is 25.1 Å². The van der Waals surface area contributed by atoms with Gasteiger partial charge in [0.1, 0.15) is 0 Å². The fourth-order valence-corrected chi connectivity index (χ4v) is 2.06. The quantitative estimate of drug-likeness (QED) is 0.868. The zero-order valence-corrected chi connectivity index (χ0v) is 10.1. The molecule has 0 saturated heterocycles. The van der Waals surface area contributed by atoms with E-state index in [2.05, 4.69) is 17.2 Å². The summed E-state index contributed by atoms with van der Waals surface area (Å²) in [6, 6.07) is 10.2. The minimum absolute atomic E-state index is 0.125. The summed E-state index contributed by atoms with van der Waals surface area (Å²) in [6.07, 6.45) is 1.82. The molecule has 0 aliphatic heterocycles. The molecule has 1 heterocycles. The van der Waals surface area contributed by atoms with E-state index in [-0.39, 0.29) is 5.92 Å². The number of nitrogens with two attached hydrogens (primary N) is 1. The Kier molecular flexibility index (Phi) is 3.44. The van der Waals surface area contributed by atoms with Crippen molar-refractivity contribution in [1.29, 1.82) is 0 Å². The highest BCUT2D eigenvalue weighted by Gasteiger charge is 2.19. The molecule has 1 aromatic heterocycles. The number of nitrogens with zero attached hydrogens (tertiary/aromatic N) is 2. The van der Waals surface area contributed by atoms with Gasteiger partial charge in [-0.25, -0.2) is 4.68 Å². The van der Waals surface area contributed by atoms with Crippen molar-refractivity contribution >= 4 is 0 Å². The van der Waals surface area contributed by atoms with Gasteiger partial charge >= 0.3 is 0 Å². The lowest BCUT2D eigenvalue weighted by atomic mass is 9.93. The van der Waals surface area contributed by atoms with Crippen molar-refractivity contribution in [2.45, 2.75) is 5.92 Å². The third kappa shape index (κ3) is 2.17. The van der Waals surface area contributed by atoms with E-state index in [0.717, 1.165) is 11.4 Å². The average Bonchev–Trinajstić information content (AvgIpc) is 2.73. The van der Waals surface area contributed by atoms with Crippen molar-refractivity contribution in [2.24, 2.45) is 12.8 Å². The molecule has 1 aromatic carbocycles. The first-order valence-corrected chi connectivity index (χ1v) is 5.58. The standard InChI is InChI=1S/C13H17N3O/c1-16-13(17-2)12(9-15-16)11(8-14)10-6-4-3-5-7-10/h3-7,9,11H,8,14H2,1-2H3. The van der Waals surface area contributed by atoms with Gasteiger partial charge in [0.2, 0.25) is 5.88 Å². The molecule has 4 heteroatoms. The van der Waals surface area contributed by atoms with Gasteiger partial charge in [-0.15, -0.1) is 0 Å². The van der Waals surface area contributed by atoms with Crippen LogP contribution in [0.4, 0.5) is 0 Å². The van der Waals surface area contributed by atoms with Crippen molar-refractivity contribution < 1.29 is 4.74 Å². The minimum Gasteiger partial charge on any atom is -0.481 e. The third-order valence-corrected chi connectivity index (χ3v) is 2.92. The first kappa shape index (κ1) is 11.7. The molecule has 0 aliphatic rings. The summed E-state index contributed by atoms with van der Waals surface area (Å²) in [7, 11) is 3.51. The molecule has 0 saturated carbocycles. The Morgan fingerprint density at radius 3 is 2.65 bits per heavy atom. The fourth-order valence-electron chi connectivity index (χ4n) is 2.06. The molecular formula is C13H17N3O. The van der Waals surface area contributed by atoms with Gasteiger partial charge in [-0.2, -0.15) is 5.10 Å². The van der Waals surface area contributed by atoms with Crippen LogP contribution in [0.2, 0.25) is 0 Å². The van der Waals surface area contributed by atoms with E-state index in [1.54, 1.807) is 11.8 Å². The maximum Gasteiger partial charge on any atom is 0.215 e. The smallest absolute Gasteiger partial charge is 0.215 e. The first-order valence-electron chi connectivity index (χ1n) is 5.58. The lowest BCUT2D eigenvalue weighted by molar-refractivity contribution is 0.368. The molecule has 0 fully saturated rings. The predicted octanol–water partition coefficient (Wildman–Crippen LogP) is 1.52. The molecular weight excluding hydrogens is 214 g/mol. The number of ether oxygens (including phenoxy) is 1. The molecule has 1 unspecified atom stereocenters. The largest absolute Gasteiger partial charge is 0.481 e. The SMILES string of the molecule is COc1c(C(CN)c2ccccc2)cnn1C.